The Balaban J connectivity index is 2.24. The van der Waals surface area contributed by atoms with Gasteiger partial charge in [-0.1, -0.05) is 23.7 Å². The third kappa shape index (κ3) is 2.54. The topological polar surface area (TPSA) is 62.2 Å². The summed E-state index contributed by atoms with van der Waals surface area (Å²) in [5, 5.41) is 12.3. The first-order valence-electron chi connectivity index (χ1n) is 4.88. The van der Waals surface area contributed by atoms with Crippen LogP contribution in [0.5, 0.6) is 5.75 Å². The Morgan fingerprint density at radius 3 is 2.71 bits per heavy atom. The molecule has 0 aliphatic carbocycles. The molecule has 17 heavy (non-hydrogen) atoms. The number of hydrogen-bond acceptors (Lipinski definition) is 3. The summed E-state index contributed by atoms with van der Waals surface area (Å²) in [5.41, 5.74) is 0.592. The molecule has 4 nitrogen and oxygen atoms in total. The molecule has 1 aromatic heterocycles. The van der Waals surface area contributed by atoms with Gasteiger partial charge in [0, 0.05) is 6.20 Å². The van der Waals surface area contributed by atoms with Crippen LogP contribution in [0, 0.1) is 0 Å². The number of aromatic hydroxyl groups is 1. The van der Waals surface area contributed by atoms with Gasteiger partial charge >= 0.3 is 0 Å². The number of para-hydroxylation sites is 1. The second-order valence-corrected chi connectivity index (χ2v) is 3.67. The number of aromatic nitrogens is 1. The fraction of sp³-hybridized carbons (Fsp3) is 0. The molecule has 5 heteroatoms. The van der Waals surface area contributed by atoms with Crippen molar-refractivity contribution in [1.82, 2.24) is 4.98 Å². The van der Waals surface area contributed by atoms with Gasteiger partial charge in [0.15, 0.2) is 5.15 Å². The molecular weight excluding hydrogens is 240 g/mol. The number of phenolic OH excluding ortho intramolecular Hbond substituents is 1. The molecule has 0 atom stereocenters. The van der Waals surface area contributed by atoms with E-state index in [1.165, 1.54) is 18.3 Å². The highest BCUT2D eigenvalue weighted by Gasteiger charge is 2.11. The van der Waals surface area contributed by atoms with Gasteiger partial charge in [0.25, 0.3) is 5.91 Å². The highest BCUT2D eigenvalue weighted by molar-refractivity contribution is 6.32. The molecule has 1 amide bonds. The first-order valence-corrected chi connectivity index (χ1v) is 5.26. The van der Waals surface area contributed by atoms with Crippen molar-refractivity contribution in [2.75, 3.05) is 5.32 Å². The Labute approximate surface area is 103 Å². The van der Waals surface area contributed by atoms with Crippen molar-refractivity contribution in [3.05, 3.63) is 53.3 Å². The van der Waals surface area contributed by atoms with E-state index in [1.807, 2.05) is 0 Å². The van der Waals surface area contributed by atoms with Crippen LogP contribution in [0.15, 0.2) is 42.6 Å². The Hall–Kier alpha value is -2.07. The number of benzene rings is 1. The summed E-state index contributed by atoms with van der Waals surface area (Å²) >= 11 is 5.81. The number of hydrogen-bond donors (Lipinski definition) is 2. The van der Waals surface area contributed by atoms with Gasteiger partial charge in [0.2, 0.25) is 0 Å². The lowest BCUT2D eigenvalue weighted by Crippen LogP contribution is -2.12. The van der Waals surface area contributed by atoms with Crippen molar-refractivity contribution in [2.24, 2.45) is 0 Å². The average Bonchev–Trinajstić information content (AvgIpc) is 2.32. The zero-order valence-electron chi connectivity index (χ0n) is 8.72. The fourth-order valence-electron chi connectivity index (χ4n) is 1.33. The number of halogens is 1. The Kier molecular flexibility index (Phi) is 3.25. The predicted octanol–water partition coefficient (Wildman–Crippen LogP) is 2.69. The van der Waals surface area contributed by atoms with Crippen LogP contribution in [-0.4, -0.2) is 16.0 Å². The van der Waals surface area contributed by atoms with Gasteiger partial charge in [-0.25, -0.2) is 4.98 Å². The molecule has 0 radical (unpaired) electrons. The van der Waals surface area contributed by atoms with E-state index in [4.69, 9.17) is 11.6 Å². The highest BCUT2D eigenvalue weighted by atomic mass is 35.5. The van der Waals surface area contributed by atoms with Gasteiger partial charge in [0.1, 0.15) is 5.75 Å². The van der Waals surface area contributed by atoms with Crippen LogP contribution >= 0.6 is 11.6 Å². The molecule has 0 saturated heterocycles. The first kappa shape index (κ1) is 11.4. The number of rotatable bonds is 2. The third-order valence-electron chi connectivity index (χ3n) is 2.16. The van der Waals surface area contributed by atoms with Crippen LogP contribution in [0.2, 0.25) is 5.15 Å². The lowest BCUT2D eigenvalue weighted by molar-refractivity contribution is 0.102. The normalized spacial score (nSPS) is 9.94. The first-order chi connectivity index (χ1) is 8.18. The molecule has 1 aromatic carbocycles. The van der Waals surface area contributed by atoms with E-state index in [9.17, 15) is 9.90 Å². The molecule has 0 unspecified atom stereocenters. The minimum atomic E-state index is -0.432. The number of carbonyl (C=O) groups excluding carboxylic acids is 1. The van der Waals surface area contributed by atoms with Crippen LogP contribution in [0.3, 0.4) is 0 Å². The quantitative estimate of drug-likeness (QED) is 0.804. The zero-order valence-corrected chi connectivity index (χ0v) is 9.48. The highest BCUT2D eigenvalue weighted by Crippen LogP contribution is 2.21. The number of nitrogens with zero attached hydrogens (tertiary/aromatic N) is 1. The summed E-state index contributed by atoms with van der Waals surface area (Å²) in [6, 6.07) is 9.57. The second-order valence-electron chi connectivity index (χ2n) is 3.31. The van der Waals surface area contributed by atoms with Gasteiger partial charge in [-0.2, -0.15) is 0 Å². The van der Waals surface area contributed by atoms with Gasteiger partial charge in [-0.05, 0) is 24.3 Å². The molecule has 86 valence electrons. The second kappa shape index (κ2) is 4.84. The van der Waals surface area contributed by atoms with Crippen LogP contribution in [0.25, 0.3) is 0 Å². The summed E-state index contributed by atoms with van der Waals surface area (Å²) in [4.78, 5) is 15.7. The van der Waals surface area contributed by atoms with Crippen LogP contribution in [0.4, 0.5) is 5.69 Å². The predicted molar refractivity (Wildman–Crippen MR) is 65.3 cm³/mol. The van der Waals surface area contributed by atoms with Crippen molar-refractivity contribution in [3.63, 3.8) is 0 Å². The van der Waals surface area contributed by atoms with Crippen LogP contribution < -0.4 is 5.32 Å². The Bertz CT molecular complexity index is 558. The standard InChI is InChI=1S/C12H9ClN2O2/c13-11-9(5-3-7-14-11)15-12(17)8-4-1-2-6-10(8)16/h1-7,16H,(H,15,17). The van der Waals surface area contributed by atoms with Crippen LogP contribution in [0.1, 0.15) is 10.4 Å². The van der Waals surface area contributed by atoms with Gasteiger partial charge in [-0.3, -0.25) is 4.79 Å². The van der Waals surface area contributed by atoms with E-state index in [2.05, 4.69) is 10.3 Å². The number of phenols is 1. The van der Waals surface area contributed by atoms with Crippen molar-refractivity contribution >= 4 is 23.2 Å². The van der Waals surface area contributed by atoms with Crippen LogP contribution in [-0.2, 0) is 0 Å². The molecular formula is C12H9ClN2O2. The SMILES string of the molecule is O=C(Nc1cccnc1Cl)c1ccccc1O. The number of carbonyl (C=O) groups is 1. The van der Waals surface area contributed by atoms with Gasteiger partial charge in [-0.15, -0.1) is 0 Å². The molecule has 2 N–H and O–H groups in total. The molecule has 0 fully saturated rings. The monoisotopic (exact) mass is 248 g/mol. The zero-order chi connectivity index (χ0) is 12.3. The molecule has 2 aromatic rings. The summed E-state index contributed by atoms with van der Waals surface area (Å²) < 4.78 is 0. The van der Waals surface area contributed by atoms with E-state index >= 15 is 0 Å². The summed E-state index contributed by atoms with van der Waals surface area (Å²) in [6.45, 7) is 0. The maximum atomic E-state index is 11.8. The average molecular weight is 249 g/mol. The number of nitrogens with one attached hydrogen (secondary N) is 1. The van der Waals surface area contributed by atoms with Crippen molar-refractivity contribution in [3.8, 4) is 5.75 Å². The molecule has 0 saturated carbocycles. The lowest BCUT2D eigenvalue weighted by Gasteiger charge is -2.07. The molecule has 2 rings (SSSR count). The minimum Gasteiger partial charge on any atom is -0.507 e. The number of pyridine rings is 1. The van der Waals surface area contributed by atoms with E-state index < -0.39 is 5.91 Å². The maximum absolute atomic E-state index is 11.8. The molecule has 0 spiro atoms. The van der Waals surface area contributed by atoms with Gasteiger partial charge in [0.05, 0.1) is 11.3 Å². The largest absolute Gasteiger partial charge is 0.507 e. The van der Waals surface area contributed by atoms with Crippen molar-refractivity contribution in [2.45, 2.75) is 0 Å². The van der Waals surface area contributed by atoms with E-state index in [1.54, 1.807) is 24.3 Å². The molecule has 0 aliphatic rings. The minimum absolute atomic E-state index is 0.0787. The number of anilines is 1. The summed E-state index contributed by atoms with van der Waals surface area (Å²) in [5.74, 6) is -0.511. The molecule has 0 aliphatic heterocycles. The third-order valence-corrected chi connectivity index (χ3v) is 2.46. The Morgan fingerprint density at radius 1 is 1.24 bits per heavy atom. The van der Waals surface area contributed by atoms with E-state index in [0.29, 0.717) is 5.69 Å². The summed E-state index contributed by atoms with van der Waals surface area (Å²) in [6.07, 6.45) is 1.53. The lowest BCUT2D eigenvalue weighted by atomic mass is 10.2. The van der Waals surface area contributed by atoms with E-state index in [0.717, 1.165) is 0 Å². The smallest absolute Gasteiger partial charge is 0.259 e. The Morgan fingerprint density at radius 2 is 2.00 bits per heavy atom. The maximum Gasteiger partial charge on any atom is 0.259 e. The van der Waals surface area contributed by atoms with Crippen molar-refractivity contribution < 1.29 is 9.90 Å². The molecule has 0 bridgehead atoms. The van der Waals surface area contributed by atoms with Gasteiger partial charge < -0.3 is 10.4 Å². The summed E-state index contributed by atoms with van der Waals surface area (Å²) in [7, 11) is 0. The van der Waals surface area contributed by atoms with E-state index in [-0.39, 0.29) is 16.5 Å². The fourth-order valence-corrected chi connectivity index (χ4v) is 1.50. The molecule has 1 heterocycles. The number of amides is 1. The van der Waals surface area contributed by atoms with Crippen molar-refractivity contribution in [1.29, 1.82) is 0 Å².